The molecule has 3 rings (SSSR count). The zero-order valence-corrected chi connectivity index (χ0v) is 13.3. The van der Waals surface area contributed by atoms with Crippen molar-refractivity contribution < 1.29 is 19.2 Å². The zero-order chi connectivity index (χ0) is 17.8. The van der Waals surface area contributed by atoms with Crippen molar-refractivity contribution in [1.82, 2.24) is 0 Å². The summed E-state index contributed by atoms with van der Waals surface area (Å²) in [5, 5.41) is 13.7. The summed E-state index contributed by atoms with van der Waals surface area (Å²) in [5.41, 5.74) is 1.16. The van der Waals surface area contributed by atoms with Crippen LogP contribution in [0, 0.1) is 16.0 Å². The molecule has 25 heavy (non-hydrogen) atoms. The van der Waals surface area contributed by atoms with Crippen LogP contribution in [0.25, 0.3) is 0 Å². The van der Waals surface area contributed by atoms with Gasteiger partial charge in [0.15, 0.2) is 0 Å². The average molecular weight is 340 g/mol. The van der Waals surface area contributed by atoms with E-state index < -0.39 is 10.9 Å². The third kappa shape index (κ3) is 4.20. The lowest BCUT2D eigenvalue weighted by Crippen LogP contribution is -2.13. The van der Waals surface area contributed by atoms with Crippen LogP contribution in [0.1, 0.15) is 28.8 Å². The minimum absolute atomic E-state index is 0.00767. The predicted octanol–water partition coefficient (Wildman–Crippen LogP) is 3.30. The number of nitro groups is 1. The van der Waals surface area contributed by atoms with Gasteiger partial charge in [-0.1, -0.05) is 12.1 Å². The van der Waals surface area contributed by atoms with Crippen LogP contribution in [-0.2, 0) is 16.1 Å². The highest BCUT2D eigenvalue weighted by Gasteiger charge is 2.29. The minimum atomic E-state index is -0.585. The number of amides is 1. The van der Waals surface area contributed by atoms with E-state index in [4.69, 9.17) is 4.74 Å². The summed E-state index contributed by atoms with van der Waals surface area (Å²) in [6, 6.07) is 12.5. The number of para-hydroxylation sites is 1. The van der Waals surface area contributed by atoms with Crippen LogP contribution in [0.3, 0.4) is 0 Å². The first-order chi connectivity index (χ1) is 12.0. The van der Waals surface area contributed by atoms with Crippen LogP contribution in [0.15, 0.2) is 48.5 Å². The topological polar surface area (TPSA) is 98.5 Å². The summed E-state index contributed by atoms with van der Waals surface area (Å²) in [4.78, 5) is 34.2. The molecule has 1 aliphatic carbocycles. The Labute approximate surface area is 143 Å². The summed E-state index contributed by atoms with van der Waals surface area (Å²) >= 11 is 0. The number of nitrogens with one attached hydrogen (secondary N) is 1. The second-order valence-electron chi connectivity index (χ2n) is 5.80. The van der Waals surface area contributed by atoms with Crippen LogP contribution in [-0.4, -0.2) is 16.8 Å². The number of rotatable bonds is 6. The molecule has 2 aromatic rings. The summed E-state index contributed by atoms with van der Waals surface area (Å²) in [5.74, 6) is -0.490. The molecule has 1 fully saturated rings. The van der Waals surface area contributed by atoms with Crippen molar-refractivity contribution >= 4 is 23.3 Å². The lowest BCUT2D eigenvalue weighted by molar-refractivity contribution is -0.385. The summed E-state index contributed by atoms with van der Waals surface area (Å²) in [6.45, 7) is -0.184. The van der Waals surface area contributed by atoms with E-state index in [1.807, 2.05) is 0 Å². The number of nitrogens with zero attached hydrogens (tertiary/aromatic N) is 1. The molecule has 0 radical (unpaired) electrons. The van der Waals surface area contributed by atoms with Crippen LogP contribution in [0.5, 0.6) is 0 Å². The Kier molecular flexibility index (Phi) is 4.74. The highest BCUT2D eigenvalue weighted by Crippen LogP contribution is 2.30. The maximum absolute atomic E-state index is 12.1. The summed E-state index contributed by atoms with van der Waals surface area (Å²) < 4.78 is 5.14. The van der Waals surface area contributed by atoms with Crippen molar-refractivity contribution in [2.45, 2.75) is 19.4 Å². The lowest BCUT2D eigenvalue weighted by atomic mass is 10.2. The molecule has 0 saturated heterocycles. The first-order valence-electron chi connectivity index (χ1n) is 7.85. The number of benzene rings is 2. The van der Waals surface area contributed by atoms with E-state index in [9.17, 15) is 19.7 Å². The SMILES string of the molecule is O=C(OCc1ccccc1[N+](=O)[O-])c1ccc(NC(=O)C2CC2)cc1. The molecule has 1 amide bonds. The smallest absolute Gasteiger partial charge is 0.338 e. The van der Waals surface area contributed by atoms with Crippen molar-refractivity contribution in [3.8, 4) is 0 Å². The van der Waals surface area contributed by atoms with Gasteiger partial charge in [0.05, 0.1) is 16.1 Å². The van der Waals surface area contributed by atoms with E-state index in [1.54, 1.807) is 42.5 Å². The van der Waals surface area contributed by atoms with Gasteiger partial charge in [-0.15, -0.1) is 0 Å². The van der Waals surface area contributed by atoms with E-state index in [2.05, 4.69) is 5.32 Å². The van der Waals surface area contributed by atoms with Gasteiger partial charge >= 0.3 is 5.97 Å². The van der Waals surface area contributed by atoms with Gasteiger partial charge in [-0.2, -0.15) is 0 Å². The minimum Gasteiger partial charge on any atom is -0.457 e. The Morgan fingerprint density at radius 3 is 2.44 bits per heavy atom. The normalized spacial score (nSPS) is 13.1. The number of hydrogen-bond donors (Lipinski definition) is 1. The molecule has 0 unspecified atom stereocenters. The molecule has 0 heterocycles. The number of carbonyl (C=O) groups excluding carboxylic acids is 2. The molecule has 0 aromatic heterocycles. The quantitative estimate of drug-likeness (QED) is 0.494. The predicted molar refractivity (Wildman–Crippen MR) is 90.0 cm³/mol. The van der Waals surface area contributed by atoms with E-state index in [-0.39, 0.29) is 24.1 Å². The van der Waals surface area contributed by atoms with E-state index >= 15 is 0 Å². The summed E-state index contributed by atoms with van der Waals surface area (Å²) in [7, 11) is 0. The van der Waals surface area contributed by atoms with Crippen molar-refractivity contribution in [3.05, 3.63) is 69.8 Å². The second-order valence-corrected chi connectivity index (χ2v) is 5.80. The molecule has 1 aliphatic rings. The molecule has 7 heteroatoms. The molecule has 2 aromatic carbocycles. The van der Waals surface area contributed by atoms with Crippen molar-refractivity contribution in [1.29, 1.82) is 0 Å². The largest absolute Gasteiger partial charge is 0.457 e. The fraction of sp³-hybridized carbons (Fsp3) is 0.222. The van der Waals surface area contributed by atoms with Crippen molar-refractivity contribution in [2.75, 3.05) is 5.32 Å². The molecular formula is C18H16N2O5. The maximum Gasteiger partial charge on any atom is 0.338 e. The van der Waals surface area contributed by atoms with E-state index in [0.29, 0.717) is 16.8 Å². The number of esters is 1. The van der Waals surface area contributed by atoms with Gasteiger partial charge in [0.1, 0.15) is 6.61 Å². The standard InChI is InChI=1S/C18H16N2O5/c21-17(12-5-6-12)19-15-9-7-13(8-10-15)18(22)25-11-14-3-1-2-4-16(14)20(23)24/h1-4,7-10,12H,5-6,11H2,(H,19,21). The maximum atomic E-state index is 12.1. The van der Waals surface area contributed by atoms with Gasteiger partial charge in [0.25, 0.3) is 5.69 Å². The van der Waals surface area contributed by atoms with Gasteiger partial charge in [-0.25, -0.2) is 4.79 Å². The highest BCUT2D eigenvalue weighted by atomic mass is 16.6. The number of carbonyl (C=O) groups is 2. The fourth-order valence-electron chi connectivity index (χ4n) is 2.32. The molecule has 0 spiro atoms. The van der Waals surface area contributed by atoms with Crippen molar-refractivity contribution in [3.63, 3.8) is 0 Å². The zero-order valence-electron chi connectivity index (χ0n) is 13.3. The third-order valence-corrected chi connectivity index (χ3v) is 3.88. The van der Waals surface area contributed by atoms with Crippen LogP contribution >= 0.6 is 0 Å². The van der Waals surface area contributed by atoms with Gasteiger partial charge in [-0.05, 0) is 43.2 Å². The van der Waals surface area contributed by atoms with Crippen LogP contribution in [0.4, 0.5) is 11.4 Å². The van der Waals surface area contributed by atoms with Gasteiger partial charge in [0, 0.05) is 17.7 Å². The Hall–Kier alpha value is -3.22. The summed E-state index contributed by atoms with van der Waals surface area (Å²) in [6.07, 6.45) is 1.84. The van der Waals surface area contributed by atoms with Crippen LogP contribution < -0.4 is 5.32 Å². The average Bonchev–Trinajstić information content (AvgIpc) is 3.45. The molecule has 0 bridgehead atoms. The number of nitro benzene ring substituents is 1. The molecule has 0 atom stereocenters. The van der Waals surface area contributed by atoms with Crippen molar-refractivity contribution in [2.24, 2.45) is 5.92 Å². The Morgan fingerprint density at radius 1 is 1.12 bits per heavy atom. The molecular weight excluding hydrogens is 324 g/mol. The molecule has 0 aliphatic heterocycles. The molecule has 1 saturated carbocycles. The van der Waals surface area contributed by atoms with Gasteiger partial charge < -0.3 is 10.1 Å². The lowest BCUT2D eigenvalue weighted by Gasteiger charge is -2.07. The monoisotopic (exact) mass is 340 g/mol. The van der Waals surface area contributed by atoms with Gasteiger partial charge in [0.2, 0.25) is 5.91 Å². The first kappa shape index (κ1) is 16.6. The molecule has 128 valence electrons. The molecule has 1 N–H and O–H groups in total. The number of anilines is 1. The van der Waals surface area contributed by atoms with Crippen LogP contribution in [0.2, 0.25) is 0 Å². The van der Waals surface area contributed by atoms with Gasteiger partial charge in [-0.3, -0.25) is 14.9 Å². The Morgan fingerprint density at radius 2 is 1.80 bits per heavy atom. The number of ether oxygens (including phenoxy) is 1. The first-order valence-corrected chi connectivity index (χ1v) is 7.85. The van der Waals surface area contributed by atoms with E-state index in [0.717, 1.165) is 12.8 Å². The molecule has 7 nitrogen and oxygen atoms in total. The van der Waals surface area contributed by atoms with E-state index in [1.165, 1.54) is 6.07 Å². The fourth-order valence-corrected chi connectivity index (χ4v) is 2.32. The number of hydrogen-bond acceptors (Lipinski definition) is 5. The second kappa shape index (κ2) is 7.12. The third-order valence-electron chi connectivity index (χ3n) is 3.88. The highest BCUT2D eigenvalue weighted by molar-refractivity contribution is 5.95. The Bertz CT molecular complexity index is 812. The Balaban J connectivity index is 1.60.